The minimum Gasteiger partial charge on any atom is -0.377 e. The van der Waals surface area contributed by atoms with Crippen molar-refractivity contribution < 1.29 is 4.74 Å². The molecule has 0 bridgehead atoms. The average Bonchev–Trinajstić information content (AvgIpc) is 1.88. The molecule has 0 spiro atoms. The molecule has 0 radical (unpaired) electrons. The smallest absolute Gasteiger partial charge is 0.0672 e. The third kappa shape index (κ3) is 2.24. The number of hydrogen-bond donors (Lipinski definition) is 0. The summed E-state index contributed by atoms with van der Waals surface area (Å²) in [7, 11) is 0. The first kappa shape index (κ1) is 8.54. The Kier molecular flexibility index (Phi) is 2.75. The van der Waals surface area contributed by atoms with E-state index in [0.717, 1.165) is 11.9 Å². The molecule has 0 amide bonds. The Morgan fingerprint density at radius 3 is 2.70 bits per heavy atom. The molecule has 2 heteroatoms. The maximum atomic E-state index is 5.60. The van der Waals surface area contributed by atoms with Crippen LogP contribution in [0.5, 0.6) is 0 Å². The average molecular weight is 207 g/mol. The second-order valence-corrected chi connectivity index (χ2v) is 4.44. The Labute approximate surface area is 71.3 Å². The zero-order valence-electron chi connectivity index (χ0n) is 6.69. The second kappa shape index (κ2) is 3.22. The molecule has 0 unspecified atom stereocenters. The van der Waals surface area contributed by atoms with Gasteiger partial charge >= 0.3 is 0 Å². The van der Waals surface area contributed by atoms with Crippen LogP contribution in [0, 0.1) is 5.41 Å². The fourth-order valence-electron chi connectivity index (χ4n) is 1.17. The van der Waals surface area contributed by atoms with Gasteiger partial charge in [0.05, 0.1) is 12.7 Å². The van der Waals surface area contributed by atoms with Crippen LogP contribution in [-0.2, 0) is 4.74 Å². The predicted octanol–water partition coefficient (Wildman–Crippen LogP) is 2.59. The van der Waals surface area contributed by atoms with Gasteiger partial charge in [0.25, 0.3) is 0 Å². The first-order chi connectivity index (χ1) is 4.64. The van der Waals surface area contributed by atoms with Gasteiger partial charge in [-0.25, -0.2) is 0 Å². The van der Waals surface area contributed by atoms with Crippen molar-refractivity contribution in [3.05, 3.63) is 0 Å². The lowest BCUT2D eigenvalue weighted by Crippen LogP contribution is -2.32. The van der Waals surface area contributed by atoms with Gasteiger partial charge in [-0.05, 0) is 18.3 Å². The minimum absolute atomic E-state index is 0.415. The largest absolute Gasteiger partial charge is 0.377 e. The molecule has 0 N–H and O–H groups in total. The third-order valence-corrected chi connectivity index (χ3v) is 2.75. The summed E-state index contributed by atoms with van der Waals surface area (Å²) in [6.07, 6.45) is 2.97. The number of ether oxygens (including phenoxy) is 1. The molecule has 1 saturated heterocycles. The predicted molar refractivity (Wildman–Crippen MR) is 46.5 cm³/mol. The van der Waals surface area contributed by atoms with E-state index in [0.29, 0.717) is 11.5 Å². The van der Waals surface area contributed by atoms with Crippen LogP contribution in [0.2, 0.25) is 0 Å². The molecule has 60 valence electrons. The summed E-state index contributed by atoms with van der Waals surface area (Å²) in [6, 6.07) is 0. The summed E-state index contributed by atoms with van der Waals surface area (Å²) >= 11 is 3.42. The van der Waals surface area contributed by atoms with Crippen LogP contribution < -0.4 is 0 Å². The molecule has 1 aliphatic heterocycles. The van der Waals surface area contributed by atoms with Gasteiger partial charge in [-0.1, -0.05) is 29.8 Å². The van der Waals surface area contributed by atoms with Crippen molar-refractivity contribution >= 4 is 15.9 Å². The van der Waals surface area contributed by atoms with Gasteiger partial charge in [0.15, 0.2) is 0 Å². The molecule has 0 aromatic rings. The van der Waals surface area contributed by atoms with Crippen molar-refractivity contribution in [2.75, 3.05) is 11.9 Å². The van der Waals surface area contributed by atoms with Gasteiger partial charge in [-0.15, -0.1) is 0 Å². The highest BCUT2D eigenvalue weighted by molar-refractivity contribution is 9.09. The molecular weight excluding hydrogens is 192 g/mol. The van der Waals surface area contributed by atoms with E-state index in [-0.39, 0.29) is 0 Å². The molecular formula is C8H15BrO. The molecule has 1 aliphatic rings. The van der Waals surface area contributed by atoms with Crippen LogP contribution in [-0.4, -0.2) is 18.0 Å². The Balaban J connectivity index is 2.31. The van der Waals surface area contributed by atoms with Gasteiger partial charge in [0.1, 0.15) is 0 Å². The topological polar surface area (TPSA) is 9.23 Å². The zero-order valence-corrected chi connectivity index (χ0v) is 8.28. The number of halogens is 1. The number of alkyl halides is 1. The van der Waals surface area contributed by atoms with Gasteiger partial charge in [-0.2, -0.15) is 0 Å². The maximum absolute atomic E-state index is 5.60. The van der Waals surface area contributed by atoms with Gasteiger partial charge in [0.2, 0.25) is 0 Å². The number of hydrogen-bond acceptors (Lipinski definition) is 1. The molecule has 0 aromatic heterocycles. The third-order valence-electron chi connectivity index (χ3n) is 2.02. The maximum Gasteiger partial charge on any atom is 0.0672 e. The van der Waals surface area contributed by atoms with Crippen molar-refractivity contribution in [3.63, 3.8) is 0 Å². The Morgan fingerprint density at radius 2 is 2.30 bits per heavy atom. The highest BCUT2D eigenvalue weighted by Crippen LogP contribution is 2.30. The van der Waals surface area contributed by atoms with Crippen molar-refractivity contribution in [1.82, 2.24) is 0 Å². The first-order valence-electron chi connectivity index (χ1n) is 3.82. The van der Waals surface area contributed by atoms with Crippen molar-refractivity contribution in [2.45, 2.75) is 32.8 Å². The molecule has 1 rings (SSSR count). The monoisotopic (exact) mass is 206 g/mol. The van der Waals surface area contributed by atoms with Crippen LogP contribution in [0.4, 0.5) is 0 Å². The quantitative estimate of drug-likeness (QED) is 0.600. The fraction of sp³-hybridized carbons (Fsp3) is 1.00. The highest BCUT2D eigenvalue weighted by atomic mass is 79.9. The molecule has 1 atom stereocenters. The Morgan fingerprint density at radius 1 is 1.60 bits per heavy atom. The lowest BCUT2D eigenvalue weighted by atomic mass is 9.86. The van der Waals surface area contributed by atoms with Crippen LogP contribution in [0.3, 0.4) is 0 Å². The summed E-state index contributed by atoms with van der Waals surface area (Å²) in [5, 5.41) is 0.989. The van der Waals surface area contributed by atoms with E-state index in [9.17, 15) is 0 Å². The van der Waals surface area contributed by atoms with Crippen LogP contribution in [0.25, 0.3) is 0 Å². The van der Waals surface area contributed by atoms with E-state index < -0.39 is 0 Å². The SMILES string of the molecule is CC1(C)CC[C@H](CBr)OC1. The van der Waals surface area contributed by atoms with Crippen molar-refractivity contribution in [2.24, 2.45) is 5.41 Å². The summed E-state index contributed by atoms with van der Waals surface area (Å²) in [5.74, 6) is 0. The molecule has 0 saturated carbocycles. The van der Waals surface area contributed by atoms with E-state index >= 15 is 0 Å². The van der Waals surface area contributed by atoms with Crippen molar-refractivity contribution in [3.8, 4) is 0 Å². The highest BCUT2D eigenvalue weighted by Gasteiger charge is 2.26. The van der Waals surface area contributed by atoms with E-state index in [2.05, 4.69) is 29.8 Å². The van der Waals surface area contributed by atoms with E-state index in [1.165, 1.54) is 12.8 Å². The lowest BCUT2D eigenvalue weighted by Gasteiger charge is -2.33. The molecule has 1 fully saturated rings. The lowest BCUT2D eigenvalue weighted by molar-refractivity contribution is -0.0358. The molecule has 0 aliphatic carbocycles. The standard InChI is InChI=1S/C8H15BrO/c1-8(2)4-3-7(5-9)10-6-8/h7H,3-6H2,1-2H3/t7-/m1/s1. The summed E-state index contributed by atoms with van der Waals surface area (Å²) in [4.78, 5) is 0. The number of rotatable bonds is 1. The van der Waals surface area contributed by atoms with Crippen LogP contribution >= 0.6 is 15.9 Å². The Hall–Kier alpha value is 0.440. The first-order valence-corrected chi connectivity index (χ1v) is 4.94. The fourth-order valence-corrected chi connectivity index (χ4v) is 1.68. The summed E-state index contributed by atoms with van der Waals surface area (Å²) < 4.78 is 5.60. The molecule has 10 heavy (non-hydrogen) atoms. The summed E-state index contributed by atoms with van der Waals surface area (Å²) in [5.41, 5.74) is 0.415. The Bertz CT molecular complexity index is 102. The van der Waals surface area contributed by atoms with Gasteiger partial charge in [-0.3, -0.25) is 0 Å². The zero-order chi connectivity index (χ0) is 7.61. The second-order valence-electron chi connectivity index (χ2n) is 3.79. The van der Waals surface area contributed by atoms with E-state index in [1.807, 2.05) is 0 Å². The van der Waals surface area contributed by atoms with E-state index in [1.54, 1.807) is 0 Å². The van der Waals surface area contributed by atoms with E-state index in [4.69, 9.17) is 4.74 Å². The normalized spacial score (nSPS) is 32.1. The minimum atomic E-state index is 0.415. The molecule has 0 aromatic carbocycles. The molecule has 1 nitrogen and oxygen atoms in total. The van der Waals surface area contributed by atoms with Crippen LogP contribution in [0.15, 0.2) is 0 Å². The summed E-state index contributed by atoms with van der Waals surface area (Å²) in [6.45, 7) is 5.44. The van der Waals surface area contributed by atoms with Gasteiger partial charge < -0.3 is 4.74 Å². The van der Waals surface area contributed by atoms with Gasteiger partial charge in [0, 0.05) is 5.33 Å². The van der Waals surface area contributed by atoms with Crippen molar-refractivity contribution in [1.29, 1.82) is 0 Å². The molecule has 1 heterocycles. The van der Waals surface area contributed by atoms with Crippen LogP contribution in [0.1, 0.15) is 26.7 Å².